The maximum Gasteiger partial charge on any atom is 0.330 e. The highest BCUT2D eigenvalue weighted by Gasteiger charge is 2.46. The minimum absolute atomic E-state index is 0.0350. The van der Waals surface area contributed by atoms with E-state index < -0.39 is 94.4 Å². The van der Waals surface area contributed by atoms with Gasteiger partial charge in [0.1, 0.15) is 53.5 Å². The van der Waals surface area contributed by atoms with E-state index in [4.69, 9.17) is 18.6 Å². The molecule has 0 radical (unpaired) electrons. The van der Waals surface area contributed by atoms with Crippen molar-refractivity contribution in [3.63, 3.8) is 0 Å². The molecule has 0 bridgehead atoms. The van der Waals surface area contributed by atoms with Crippen LogP contribution in [0.4, 0.5) is 0 Å². The fraction of sp³-hybridized carbons (Fsp3) is 0.200. The van der Waals surface area contributed by atoms with Gasteiger partial charge in [-0.25, -0.2) is 4.79 Å². The largest absolute Gasteiger partial charge is 0.508 e. The van der Waals surface area contributed by atoms with Crippen molar-refractivity contribution in [3.05, 3.63) is 70.4 Å². The summed E-state index contributed by atoms with van der Waals surface area (Å²) in [6.45, 7) is -0.667. The number of rotatable bonds is 7. The lowest BCUT2D eigenvalue weighted by atomic mass is 9.99. The van der Waals surface area contributed by atoms with Crippen LogP contribution in [0.5, 0.6) is 40.2 Å². The molecule has 0 aliphatic carbocycles. The highest BCUT2D eigenvalue weighted by molar-refractivity contribution is 5.88. The second kappa shape index (κ2) is 12.3. The highest BCUT2D eigenvalue weighted by atomic mass is 16.7. The molecule has 1 aliphatic rings. The van der Waals surface area contributed by atoms with E-state index in [2.05, 4.69) is 0 Å². The number of hydrogen-bond acceptors (Lipinski definition) is 15. The summed E-state index contributed by atoms with van der Waals surface area (Å²) in [6, 6.07) is 9.02. The van der Waals surface area contributed by atoms with Gasteiger partial charge in [0, 0.05) is 23.8 Å². The van der Waals surface area contributed by atoms with Crippen LogP contribution in [0.2, 0.25) is 0 Å². The molecule has 9 N–H and O–H groups in total. The van der Waals surface area contributed by atoms with Crippen molar-refractivity contribution in [1.82, 2.24) is 0 Å². The Morgan fingerprint density at radius 1 is 0.800 bits per heavy atom. The SMILES string of the molecule is O=C(C=Cc1ccc(O)c(O)c1)OC[C@H]1O[C@@H](Oc2c(-c3ccc(O)c(O)c3)oc3cc(O)cc(O)c3c2=O)[C@H](O)[C@@H](O)[C@@H]1O. The summed E-state index contributed by atoms with van der Waals surface area (Å²) in [7, 11) is 0. The molecule has 15 nitrogen and oxygen atoms in total. The fourth-order valence-electron chi connectivity index (χ4n) is 4.52. The lowest BCUT2D eigenvalue weighted by Gasteiger charge is -2.39. The number of carbonyl (C=O) groups excluding carboxylic acids is 1. The van der Waals surface area contributed by atoms with E-state index in [0.717, 1.165) is 30.3 Å². The number of benzene rings is 3. The maximum absolute atomic E-state index is 13.6. The number of hydrogen-bond donors (Lipinski definition) is 9. The smallest absolute Gasteiger partial charge is 0.330 e. The van der Waals surface area contributed by atoms with Gasteiger partial charge in [-0.3, -0.25) is 4.79 Å². The summed E-state index contributed by atoms with van der Waals surface area (Å²) in [5.74, 6) is -5.06. The summed E-state index contributed by atoms with van der Waals surface area (Å²) in [6.07, 6.45) is -6.85. The number of ether oxygens (including phenoxy) is 3. The molecule has 1 saturated heterocycles. The normalized spacial score (nSPS) is 21.6. The van der Waals surface area contributed by atoms with Crippen LogP contribution in [0, 0.1) is 0 Å². The van der Waals surface area contributed by atoms with Crippen LogP contribution >= 0.6 is 0 Å². The monoisotopic (exact) mass is 626 g/mol. The summed E-state index contributed by atoms with van der Waals surface area (Å²) in [5, 5.41) is 90.2. The first-order valence-electron chi connectivity index (χ1n) is 13.1. The Morgan fingerprint density at radius 2 is 1.49 bits per heavy atom. The van der Waals surface area contributed by atoms with Crippen LogP contribution in [0.3, 0.4) is 0 Å². The second-order valence-electron chi connectivity index (χ2n) is 9.98. The van der Waals surface area contributed by atoms with E-state index in [1.807, 2.05) is 0 Å². The number of aliphatic hydroxyl groups is 3. The third kappa shape index (κ3) is 6.27. The van der Waals surface area contributed by atoms with Crippen LogP contribution in [0.15, 0.2) is 63.8 Å². The van der Waals surface area contributed by atoms with E-state index in [1.54, 1.807) is 0 Å². The number of phenolic OH excluding ortho intramolecular Hbond substituents is 6. The zero-order valence-corrected chi connectivity index (χ0v) is 22.8. The van der Waals surface area contributed by atoms with Crippen molar-refractivity contribution >= 4 is 23.0 Å². The molecular formula is C30H26O15. The molecule has 15 heteroatoms. The second-order valence-corrected chi connectivity index (χ2v) is 9.98. The predicted molar refractivity (Wildman–Crippen MR) is 152 cm³/mol. The van der Waals surface area contributed by atoms with Crippen molar-refractivity contribution < 1.29 is 69.4 Å². The molecule has 236 valence electrons. The Kier molecular flexibility index (Phi) is 8.43. The number of esters is 1. The zero-order valence-electron chi connectivity index (χ0n) is 22.8. The number of aliphatic hydroxyl groups excluding tert-OH is 3. The number of carbonyl (C=O) groups is 1. The average molecular weight is 627 g/mol. The fourth-order valence-corrected chi connectivity index (χ4v) is 4.52. The van der Waals surface area contributed by atoms with Crippen molar-refractivity contribution in [2.75, 3.05) is 6.61 Å². The first-order valence-corrected chi connectivity index (χ1v) is 13.1. The van der Waals surface area contributed by atoms with E-state index in [-0.39, 0.29) is 16.9 Å². The molecule has 5 atom stereocenters. The van der Waals surface area contributed by atoms with Crippen LogP contribution in [-0.4, -0.2) is 89.2 Å². The molecule has 0 spiro atoms. The Morgan fingerprint density at radius 3 is 2.18 bits per heavy atom. The van der Waals surface area contributed by atoms with Gasteiger partial charge in [0.2, 0.25) is 17.5 Å². The lowest BCUT2D eigenvalue weighted by molar-refractivity contribution is -0.278. The maximum atomic E-state index is 13.6. The Bertz CT molecular complexity index is 1850. The van der Waals surface area contributed by atoms with Crippen molar-refractivity contribution in [2.24, 2.45) is 0 Å². The van der Waals surface area contributed by atoms with Crippen molar-refractivity contribution in [1.29, 1.82) is 0 Å². The summed E-state index contributed by atoms with van der Waals surface area (Å²) in [5.41, 5.74) is -1.02. The average Bonchev–Trinajstić information content (AvgIpc) is 2.99. The van der Waals surface area contributed by atoms with Gasteiger partial charge in [-0.2, -0.15) is 0 Å². The molecule has 45 heavy (non-hydrogen) atoms. The molecule has 3 aromatic carbocycles. The van der Waals surface area contributed by atoms with E-state index >= 15 is 0 Å². The van der Waals surface area contributed by atoms with Crippen LogP contribution in [0.1, 0.15) is 5.56 Å². The standard InChI is InChI=1S/C30H26O15/c31-14-9-19(36)23-20(10-14)43-28(13-3-5-16(33)18(35)8-13)29(25(23)39)45-30-27(41)26(40)24(38)21(44-30)11-42-22(37)6-2-12-1-4-15(32)17(34)7-12/h1-10,21,24,26-27,30-36,38,40-41H,11H2/t21-,24-,26+,27-,30+/m1/s1. The first kappa shape index (κ1) is 31.0. The Balaban J connectivity index is 1.43. The van der Waals surface area contributed by atoms with Gasteiger partial charge in [-0.1, -0.05) is 6.07 Å². The molecule has 1 aliphatic heterocycles. The Hall–Kier alpha value is -5.48. The van der Waals surface area contributed by atoms with E-state index in [1.165, 1.54) is 30.3 Å². The number of phenols is 6. The third-order valence-corrected chi connectivity index (χ3v) is 6.86. The molecule has 1 fully saturated rings. The quantitative estimate of drug-likeness (QED) is 0.0791. The lowest BCUT2D eigenvalue weighted by Crippen LogP contribution is -2.60. The number of fused-ring (bicyclic) bond motifs is 1. The topological polar surface area (TPSA) is 257 Å². The van der Waals surface area contributed by atoms with Gasteiger partial charge in [-0.05, 0) is 42.0 Å². The van der Waals surface area contributed by atoms with E-state index in [9.17, 15) is 55.5 Å². The van der Waals surface area contributed by atoms with Gasteiger partial charge >= 0.3 is 5.97 Å². The molecule has 5 rings (SSSR count). The third-order valence-electron chi connectivity index (χ3n) is 6.86. The van der Waals surface area contributed by atoms with Crippen molar-refractivity contribution in [2.45, 2.75) is 30.7 Å². The highest BCUT2D eigenvalue weighted by Crippen LogP contribution is 2.39. The first-order chi connectivity index (χ1) is 21.3. The minimum Gasteiger partial charge on any atom is -0.508 e. The van der Waals surface area contributed by atoms with Crippen LogP contribution in [-0.2, 0) is 14.3 Å². The Labute approximate surface area is 251 Å². The van der Waals surface area contributed by atoms with Gasteiger partial charge in [0.05, 0.1) is 0 Å². The van der Waals surface area contributed by atoms with Crippen LogP contribution in [0.25, 0.3) is 28.4 Å². The number of aromatic hydroxyl groups is 6. The van der Waals surface area contributed by atoms with Crippen LogP contribution < -0.4 is 10.2 Å². The van der Waals surface area contributed by atoms with Gasteiger partial charge in [-0.15, -0.1) is 0 Å². The summed E-state index contributed by atoms with van der Waals surface area (Å²) in [4.78, 5) is 25.8. The molecule has 1 aromatic heterocycles. The minimum atomic E-state index is -1.97. The molecule has 0 saturated carbocycles. The summed E-state index contributed by atoms with van der Waals surface area (Å²) >= 11 is 0. The summed E-state index contributed by atoms with van der Waals surface area (Å²) < 4.78 is 22.0. The molecular weight excluding hydrogens is 600 g/mol. The zero-order chi connectivity index (χ0) is 32.6. The van der Waals surface area contributed by atoms with Gasteiger partial charge in [0.25, 0.3) is 0 Å². The molecule has 0 amide bonds. The van der Waals surface area contributed by atoms with Gasteiger partial charge in [0.15, 0.2) is 28.8 Å². The van der Waals surface area contributed by atoms with Crippen molar-refractivity contribution in [3.8, 4) is 51.6 Å². The molecule has 4 aromatic rings. The van der Waals surface area contributed by atoms with E-state index in [0.29, 0.717) is 5.56 Å². The molecule has 2 heterocycles. The molecule has 0 unspecified atom stereocenters. The van der Waals surface area contributed by atoms with Gasteiger partial charge < -0.3 is 64.6 Å². The predicted octanol–water partition coefficient (Wildman–Crippen LogP) is 1.14.